The Balaban J connectivity index is 1.29. The van der Waals surface area contributed by atoms with E-state index in [0.29, 0.717) is 0 Å². The smallest absolute Gasteiger partial charge is 0.0788 e. The Hall–Kier alpha value is -5.97. The molecule has 7 aromatic carbocycles. The Morgan fingerprint density at radius 2 is 1.02 bits per heavy atom. The Kier molecular flexibility index (Phi) is 6.11. The van der Waals surface area contributed by atoms with Gasteiger partial charge in [-0.2, -0.15) is 0 Å². The number of hydrogen-bond acceptors (Lipinski definition) is 2. The minimum atomic E-state index is 1.13. The lowest BCUT2D eigenvalue weighted by Gasteiger charge is -2.33. The van der Waals surface area contributed by atoms with Crippen LogP contribution in [0.1, 0.15) is 0 Å². The van der Waals surface area contributed by atoms with Gasteiger partial charge in [0.05, 0.1) is 33.6 Å². The fraction of sp³-hybridized carbons (Fsp3) is 0. The SMILES string of the molecule is c1ccc(-c2cc3ccc4c5ccccc5n(-c5cccc(N6c7ccccc7Sc7ccccc76)c5)c4c3n2-c2ccccc2)cc1. The van der Waals surface area contributed by atoms with E-state index in [2.05, 4.69) is 190 Å². The van der Waals surface area contributed by atoms with E-state index < -0.39 is 0 Å². The predicted molar refractivity (Wildman–Crippen MR) is 202 cm³/mol. The third-order valence-electron chi connectivity index (χ3n) is 9.46. The van der Waals surface area contributed by atoms with Gasteiger partial charge in [-0.3, -0.25) is 0 Å². The van der Waals surface area contributed by atoms with E-state index in [1.807, 2.05) is 11.8 Å². The number of benzene rings is 7. The van der Waals surface area contributed by atoms with Crippen LogP contribution in [0.4, 0.5) is 17.1 Å². The molecule has 3 nitrogen and oxygen atoms in total. The molecule has 0 saturated heterocycles. The summed E-state index contributed by atoms with van der Waals surface area (Å²) in [4.78, 5) is 4.93. The lowest BCUT2D eigenvalue weighted by molar-refractivity contribution is 1.12. The van der Waals surface area contributed by atoms with Crippen molar-refractivity contribution < 1.29 is 0 Å². The number of rotatable bonds is 4. The Morgan fingerprint density at radius 3 is 1.79 bits per heavy atom. The third-order valence-corrected chi connectivity index (χ3v) is 10.6. The van der Waals surface area contributed by atoms with Crippen molar-refractivity contribution >= 4 is 61.5 Å². The largest absolute Gasteiger partial charge is 0.308 e. The molecule has 3 heterocycles. The minimum absolute atomic E-state index is 1.13. The number of anilines is 3. The Labute approximate surface area is 282 Å². The van der Waals surface area contributed by atoms with Gasteiger partial charge in [-0.15, -0.1) is 0 Å². The molecule has 0 saturated carbocycles. The molecule has 0 fully saturated rings. The predicted octanol–water partition coefficient (Wildman–Crippen LogP) is 12.3. The maximum atomic E-state index is 2.47. The highest BCUT2D eigenvalue weighted by Crippen LogP contribution is 2.51. The van der Waals surface area contributed by atoms with Crippen molar-refractivity contribution in [3.05, 3.63) is 176 Å². The summed E-state index contributed by atoms with van der Waals surface area (Å²) in [5, 5.41) is 3.69. The van der Waals surface area contributed by atoms with E-state index in [9.17, 15) is 0 Å². The van der Waals surface area contributed by atoms with Gasteiger partial charge in [0.1, 0.15) is 0 Å². The highest BCUT2D eigenvalue weighted by Gasteiger charge is 2.26. The van der Waals surface area contributed by atoms with E-state index in [1.165, 1.54) is 65.1 Å². The molecule has 0 N–H and O–H groups in total. The molecule has 0 radical (unpaired) electrons. The van der Waals surface area contributed by atoms with Crippen LogP contribution in [0.2, 0.25) is 0 Å². The zero-order valence-electron chi connectivity index (χ0n) is 26.0. The van der Waals surface area contributed by atoms with Gasteiger partial charge in [-0.05, 0) is 72.3 Å². The first-order valence-electron chi connectivity index (χ1n) is 16.3. The van der Waals surface area contributed by atoms with Crippen molar-refractivity contribution in [1.82, 2.24) is 9.13 Å². The van der Waals surface area contributed by atoms with E-state index in [4.69, 9.17) is 0 Å². The van der Waals surface area contributed by atoms with Crippen molar-refractivity contribution in [1.29, 1.82) is 0 Å². The van der Waals surface area contributed by atoms with Gasteiger partial charge < -0.3 is 14.0 Å². The van der Waals surface area contributed by atoms with Crippen LogP contribution in [0.25, 0.3) is 55.3 Å². The second kappa shape index (κ2) is 10.8. The molecule has 0 atom stereocenters. The van der Waals surface area contributed by atoms with Crippen molar-refractivity contribution in [3.63, 3.8) is 0 Å². The first-order valence-corrected chi connectivity index (χ1v) is 17.1. The Bertz CT molecular complexity index is 2610. The summed E-state index contributed by atoms with van der Waals surface area (Å²) in [5.74, 6) is 0. The quantitative estimate of drug-likeness (QED) is 0.192. The maximum absolute atomic E-state index is 2.47. The lowest BCUT2D eigenvalue weighted by atomic mass is 10.1. The number of fused-ring (bicyclic) bond motifs is 7. The van der Waals surface area contributed by atoms with Crippen LogP contribution in [-0.4, -0.2) is 9.13 Å². The molecule has 1 aliphatic heterocycles. The molecule has 9 aromatic rings. The summed E-state index contributed by atoms with van der Waals surface area (Å²) in [6, 6.07) is 63.7. The zero-order valence-corrected chi connectivity index (χ0v) is 26.8. The summed E-state index contributed by atoms with van der Waals surface area (Å²) in [7, 11) is 0. The van der Waals surface area contributed by atoms with Crippen LogP contribution >= 0.6 is 11.8 Å². The third kappa shape index (κ3) is 4.09. The molecule has 226 valence electrons. The van der Waals surface area contributed by atoms with Gasteiger partial charge in [0, 0.05) is 43.0 Å². The number of nitrogens with zero attached hydrogens (tertiary/aromatic N) is 3. The first-order chi connectivity index (χ1) is 23.8. The number of hydrogen-bond donors (Lipinski definition) is 0. The average molecular weight is 632 g/mol. The van der Waals surface area contributed by atoms with Crippen LogP contribution in [0.3, 0.4) is 0 Å². The molecular weight excluding hydrogens is 603 g/mol. The highest BCUT2D eigenvalue weighted by molar-refractivity contribution is 7.99. The second-order valence-electron chi connectivity index (χ2n) is 12.2. The van der Waals surface area contributed by atoms with Crippen molar-refractivity contribution in [2.24, 2.45) is 0 Å². The zero-order chi connectivity index (χ0) is 31.6. The molecule has 10 rings (SSSR count). The fourth-order valence-corrected chi connectivity index (χ4v) is 8.49. The topological polar surface area (TPSA) is 13.1 Å². The summed E-state index contributed by atoms with van der Waals surface area (Å²) in [6.07, 6.45) is 0. The van der Waals surface area contributed by atoms with Gasteiger partial charge in [-0.1, -0.05) is 121 Å². The van der Waals surface area contributed by atoms with Gasteiger partial charge in [0.2, 0.25) is 0 Å². The molecule has 4 heteroatoms. The van der Waals surface area contributed by atoms with Gasteiger partial charge >= 0.3 is 0 Å². The van der Waals surface area contributed by atoms with E-state index in [1.54, 1.807) is 0 Å². The van der Waals surface area contributed by atoms with Gasteiger partial charge in [0.15, 0.2) is 0 Å². The monoisotopic (exact) mass is 631 g/mol. The molecular formula is C44H29N3S. The Morgan fingerprint density at radius 1 is 0.396 bits per heavy atom. The summed E-state index contributed by atoms with van der Waals surface area (Å²) >= 11 is 1.84. The van der Waals surface area contributed by atoms with Crippen LogP contribution in [0.5, 0.6) is 0 Å². The number of para-hydroxylation sites is 4. The van der Waals surface area contributed by atoms with E-state index >= 15 is 0 Å². The first kappa shape index (κ1) is 27.2. The molecule has 2 aromatic heterocycles. The molecule has 48 heavy (non-hydrogen) atoms. The van der Waals surface area contributed by atoms with Crippen molar-refractivity contribution in [2.75, 3.05) is 4.90 Å². The number of aromatic nitrogens is 2. The van der Waals surface area contributed by atoms with Crippen LogP contribution in [0.15, 0.2) is 186 Å². The fourth-order valence-electron chi connectivity index (χ4n) is 7.43. The van der Waals surface area contributed by atoms with Crippen molar-refractivity contribution in [3.8, 4) is 22.6 Å². The van der Waals surface area contributed by atoms with E-state index in [0.717, 1.165) is 17.1 Å². The molecule has 0 aliphatic carbocycles. The van der Waals surface area contributed by atoms with E-state index in [-0.39, 0.29) is 0 Å². The normalized spacial score (nSPS) is 12.5. The van der Waals surface area contributed by atoms with Crippen molar-refractivity contribution in [2.45, 2.75) is 9.79 Å². The standard InChI is InChI=1S/C44H29N3S/c1-3-14-30(15-4-1)40-28-31-26-27-36-35-20-7-8-21-37(35)47(44(36)43(31)46(40)32-16-5-2-6-17-32)34-19-13-18-33(29-34)45-38-22-9-11-24-41(38)48-42-25-12-10-23-39(42)45/h1-29H. The second-order valence-corrected chi connectivity index (χ2v) is 13.3. The lowest BCUT2D eigenvalue weighted by Crippen LogP contribution is -2.15. The van der Waals surface area contributed by atoms with Crippen LogP contribution in [0, 0.1) is 0 Å². The average Bonchev–Trinajstić information content (AvgIpc) is 3.71. The van der Waals surface area contributed by atoms with Gasteiger partial charge in [-0.25, -0.2) is 0 Å². The summed E-state index contributed by atoms with van der Waals surface area (Å²) < 4.78 is 4.92. The molecule has 0 spiro atoms. The summed E-state index contributed by atoms with van der Waals surface area (Å²) in [6.45, 7) is 0. The van der Waals surface area contributed by atoms with Gasteiger partial charge in [0.25, 0.3) is 0 Å². The molecule has 0 unspecified atom stereocenters. The summed E-state index contributed by atoms with van der Waals surface area (Å²) in [5.41, 5.74) is 11.8. The highest BCUT2D eigenvalue weighted by atomic mass is 32.2. The van der Waals surface area contributed by atoms with Crippen LogP contribution in [-0.2, 0) is 0 Å². The molecule has 0 amide bonds. The minimum Gasteiger partial charge on any atom is -0.308 e. The maximum Gasteiger partial charge on any atom is 0.0788 e. The molecule has 1 aliphatic rings. The van der Waals surface area contributed by atoms with Crippen LogP contribution < -0.4 is 4.90 Å². The molecule has 0 bridgehead atoms.